The second kappa shape index (κ2) is 7.14. The number of tetrazole rings is 1. The van der Waals surface area contributed by atoms with Gasteiger partial charge in [0, 0.05) is 44.5 Å². The molecule has 9 nitrogen and oxygen atoms in total. The molecule has 2 aromatic heterocycles. The lowest BCUT2D eigenvalue weighted by atomic mass is 10.2. The van der Waals surface area contributed by atoms with E-state index in [1.54, 1.807) is 6.20 Å². The van der Waals surface area contributed by atoms with Gasteiger partial charge in [-0.1, -0.05) is 6.07 Å². The normalized spacial score (nSPS) is 15.6. The fourth-order valence-electron chi connectivity index (χ4n) is 2.52. The monoisotopic (exact) mass is 316 g/mol. The summed E-state index contributed by atoms with van der Waals surface area (Å²) in [6, 6.07) is 3.89. The van der Waals surface area contributed by atoms with Crippen LogP contribution < -0.4 is 10.2 Å². The van der Waals surface area contributed by atoms with Crippen LogP contribution in [0.3, 0.4) is 0 Å². The largest absolute Gasteiger partial charge is 0.354 e. The lowest BCUT2D eigenvalue weighted by Gasteiger charge is -2.34. The van der Waals surface area contributed by atoms with E-state index in [4.69, 9.17) is 0 Å². The van der Waals surface area contributed by atoms with Crippen molar-refractivity contribution < 1.29 is 4.79 Å². The van der Waals surface area contributed by atoms with E-state index in [1.165, 1.54) is 11.0 Å². The van der Waals surface area contributed by atoms with Crippen molar-refractivity contribution in [2.75, 3.05) is 38.1 Å². The quantitative estimate of drug-likeness (QED) is 0.767. The molecule has 9 heteroatoms. The molecular formula is C14H20N8O. The summed E-state index contributed by atoms with van der Waals surface area (Å²) in [4.78, 5) is 21.0. The third-order valence-electron chi connectivity index (χ3n) is 3.84. The van der Waals surface area contributed by atoms with E-state index in [-0.39, 0.29) is 12.5 Å². The van der Waals surface area contributed by atoms with Crippen LogP contribution in [0.15, 0.2) is 24.7 Å². The van der Waals surface area contributed by atoms with Crippen LogP contribution in [0.2, 0.25) is 0 Å². The Morgan fingerprint density at radius 3 is 2.87 bits per heavy atom. The molecule has 1 saturated heterocycles. The molecule has 1 aliphatic heterocycles. The van der Waals surface area contributed by atoms with Crippen LogP contribution >= 0.6 is 0 Å². The van der Waals surface area contributed by atoms with Crippen molar-refractivity contribution in [2.24, 2.45) is 0 Å². The molecule has 0 saturated carbocycles. The molecule has 0 unspecified atom stereocenters. The summed E-state index contributed by atoms with van der Waals surface area (Å²) in [7, 11) is 2.12. The third-order valence-corrected chi connectivity index (χ3v) is 3.84. The van der Waals surface area contributed by atoms with Crippen molar-refractivity contribution in [2.45, 2.75) is 13.1 Å². The highest BCUT2D eigenvalue weighted by Crippen LogP contribution is 2.18. The van der Waals surface area contributed by atoms with Crippen molar-refractivity contribution in [3.8, 4) is 0 Å². The summed E-state index contributed by atoms with van der Waals surface area (Å²) >= 11 is 0. The molecule has 3 rings (SSSR count). The van der Waals surface area contributed by atoms with Crippen LogP contribution in [0, 0.1) is 0 Å². The van der Waals surface area contributed by atoms with E-state index < -0.39 is 0 Å². The number of likely N-dealkylation sites (N-methyl/N-ethyl adjacent to an activating group) is 1. The summed E-state index contributed by atoms with van der Waals surface area (Å²) < 4.78 is 1.39. The maximum absolute atomic E-state index is 11.9. The van der Waals surface area contributed by atoms with Crippen molar-refractivity contribution in [3.63, 3.8) is 0 Å². The maximum atomic E-state index is 11.9. The Hall–Kier alpha value is -2.55. The minimum Gasteiger partial charge on any atom is -0.354 e. The van der Waals surface area contributed by atoms with Crippen molar-refractivity contribution in [1.29, 1.82) is 0 Å². The van der Waals surface area contributed by atoms with E-state index in [0.29, 0.717) is 6.54 Å². The van der Waals surface area contributed by atoms with E-state index in [1.807, 2.05) is 12.1 Å². The number of anilines is 1. The zero-order chi connectivity index (χ0) is 16.1. The molecule has 0 bridgehead atoms. The number of aromatic nitrogens is 5. The zero-order valence-electron chi connectivity index (χ0n) is 13.1. The zero-order valence-corrected chi connectivity index (χ0v) is 13.1. The molecule has 0 aliphatic carbocycles. The number of nitrogens with one attached hydrogen (secondary N) is 1. The molecule has 0 aromatic carbocycles. The average Bonchev–Trinajstić information content (AvgIpc) is 3.07. The van der Waals surface area contributed by atoms with Crippen LogP contribution in [-0.4, -0.2) is 69.2 Å². The molecule has 3 heterocycles. The molecule has 0 radical (unpaired) electrons. The number of hydrogen-bond donors (Lipinski definition) is 1. The fraction of sp³-hybridized carbons (Fsp3) is 0.500. The lowest BCUT2D eigenvalue weighted by molar-refractivity contribution is -0.122. The Morgan fingerprint density at radius 2 is 2.13 bits per heavy atom. The Morgan fingerprint density at radius 1 is 1.30 bits per heavy atom. The first kappa shape index (κ1) is 15.3. The first-order valence-electron chi connectivity index (χ1n) is 7.57. The second-order valence-corrected chi connectivity index (χ2v) is 5.56. The van der Waals surface area contributed by atoms with Crippen molar-refractivity contribution in [1.82, 2.24) is 35.4 Å². The molecule has 2 aromatic rings. The SMILES string of the molecule is CN1CCN(c2ncccc2CNC(=O)Cn2cnnn2)CC1. The Balaban J connectivity index is 1.60. The van der Waals surface area contributed by atoms with Gasteiger partial charge in [0.2, 0.25) is 5.91 Å². The summed E-state index contributed by atoms with van der Waals surface area (Å²) in [6.45, 7) is 4.47. The number of amides is 1. The molecule has 0 spiro atoms. The van der Waals surface area contributed by atoms with E-state index in [0.717, 1.165) is 37.6 Å². The van der Waals surface area contributed by atoms with Gasteiger partial charge in [-0.2, -0.15) is 0 Å². The predicted octanol–water partition coefficient (Wildman–Crippen LogP) is -0.864. The summed E-state index contributed by atoms with van der Waals surface area (Å²) in [5.74, 6) is 0.814. The van der Waals surface area contributed by atoms with Gasteiger partial charge in [-0.15, -0.1) is 5.10 Å². The number of pyridine rings is 1. The van der Waals surface area contributed by atoms with Gasteiger partial charge in [-0.25, -0.2) is 9.67 Å². The van der Waals surface area contributed by atoms with E-state index in [9.17, 15) is 4.79 Å². The summed E-state index contributed by atoms with van der Waals surface area (Å²) in [5, 5.41) is 13.6. The van der Waals surface area contributed by atoms with Crippen molar-refractivity contribution in [3.05, 3.63) is 30.2 Å². The molecule has 23 heavy (non-hydrogen) atoms. The third kappa shape index (κ3) is 4.01. The molecule has 1 fully saturated rings. The molecule has 0 atom stereocenters. The lowest BCUT2D eigenvalue weighted by Crippen LogP contribution is -2.45. The van der Waals surface area contributed by atoms with Gasteiger partial charge in [-0.3, -0.25) is 4.79 Å². The van der Waals surface area contributed by atoms with Gasteiger partial charge >= 0.3 is 0 Å². The average molecular weight is 316 g/mol. The van der Waals surface area contributed by atoms with Gasteiger partial charge in [0.15, 0.2) is 0 Å². The molecule has 122 valence electrons. The predicted molar refractivity (Wildman–Crippen MR) is 83.6 cm³/mol. The molecule has 1 N–H and O–H groups in total. The number of carbonyl (C=O) groups is 1. The minimum atomic E-state index is -0.134. The van der Waals surface area contributed by atoms with Crippen LogP contribution in [0.1, 0.15) is 5.56 Å². The van der Waals surface area contributed by atoms with E-state index in [2.05, 4.69) is 42.7 Å². The topological polar surface area (TPSA) is 92.1 Å². The van der Waals surface area contributed by atoms with Gasteiger partial charge in [0.1, 0.15) is 18.7 Å². The standard InChI is InChI=1S/C14H20N8O/c1-20-5-7-21(8-6-20)14-12(3-2-4-15-14)9-16-13(23)10-22-11-17-18-19-22/h2-4,11H,5-10H2,1H3,(H,16,23). The van der Waals surface area contributed by atoms with Crippen LogP contribution in [0.4, 0.5) is 5.82 Å². The Kier molecular flexibility index (Phi) is 4.77. The van der Waals surface area contributed by atoms with Gasteiger partial charge < -0.3 is 15.1 Å². The second-order valence-electron chi connectivity index (χ2n) is 5.56. The molecule has 1 aliphatic rings. The number of hydrogen-bond acceptors (Lipinski definition) is 7. The first-order valence-corrected chi connectivity index (χ1v) is 7.57. The summed E-state index contributed by atoms with van der Waals surface area (Å²) in [6.07, 6.45) is 3.21. The maximum Gasteiger partial charge on any atom is 0.242 e. The minimum absolute atomic E-state index is 0.108. The van der Waals surface area contributed by atoms with Gasteiger partial charge in [0.25, 0.3) is 0 Å². The summed E-state index contributed by atoms with van der Waals surface area (Å²) in [5.41, 5.74) is 1.02. The van der Waals surface area contributed by atoms with Gasteiger partial charge in [-0.05, 0) is 23.5 Å². The van der Waals surface area contributed by atoms with Crippen molar-refractivity contribution >= 4 is 11.7 Å². The van der Waals surface area contributed by atoms with Crippen LogP contribution in [0.5, 0.6) is 0 Å². The Labute approximate surface area is 134 Å². The highest BCUT2D eigenvalue weighted by molar-refractivity contribution is 5.75. The van der Waals surface area contributed by atoms with Crippen LogP contribution in [-0.2, 0) is 17.9 Å². The smallest absolute Gasteiger partial charge is 0.242 e. The number of nitrogens with zero attached hydrogens (tertiary/aromatic N) is 7. The first-order chi connectivity index (χ1) is 11.2. The highest BCUT2D eigenvalue weighted by Gasteiger charge is 2.18. The fourth-order valence-corrected chi connectivity index (χ4v) is 2.52. The molecule has 1 amide bonds. The highest BCUT2D eigenvalue weighted by atomic mass is 16.2. The van der Waals surface area contributed by atoms with Gasteiger partial charge in [0.05, 0.1) is 0 Å². The molecular weight excluding hydrogens is 296 g/mol. The Bertz CT molecular complexity index is 636. The van der Waals surface area contributed by atoms with E-state index >= 15 is 0 Å². The number of rotatable bonds is 5. The number of piperazine rings is 1. The number of carbonyl (C=O) groups excluding carboxylic acids is 1. The van der Waals surface area contributed by atoms with Crippen LogP contribution in [0.25, 0.3) is 0 Å².